The number of nitrogens with one attached hydrogen (secondary N) is 1. The molecule has 2 aromatic heterocycles. The maximum Gasteiger partial charge on any atom is 0.305 e. The molecule has 0 bridgehead atoms. The highest BCUT2D eigenvalue weighted by Gasteiger charge is 2.09. The summed E-state index contributed by atoms with van der Waals surface area (Å²) in [5.74, 6) is 0.849. The van der Waals surface area contributed by atoms with Crippen LogP contribution in [0.25, 0.3) is 0 Å². The molecule has 1 N–H and O–H groups in total. The number of nitro groups is 1. The first kappa shape index (κ1) is 14.6. The third kappa shape index (κ3) is 4.10. The predicted octanol–water partition coefficient (Wildman–Crippen LogP) is 2.18. The molecule has 2 rings (SSSR count). The fourth-order valence-electron chi connectivity index (χ4n) is 1.57. The van der Waals surface area contributed by atoms with Crippen molar-refractivity contribution in [3.63, 3.8) is 0 Å². The first-order chi connectivity index (χ1) is 10.1. The standard InChI is InChI=1S/C13H15N5O3/c1-9(2)21-12-10(4-3-5-14-12)6-15-13-16-7-11(8-17-13)18(19)20/h3-5,7-9H,6H2,1-2H3,(H,15,16,17). The molecule has 0 saturated carbocycles. The van der Waals surface area contributed by atoms with Gasteiger partial charge in [0.2, 0.25) is 11.8 Å². The van der Waals surface area contributed by atoms with Gasteiger partial charge in [0.15, 0.2) is 0 Å². The van der Waals surface area contributed by atoms with E-state index in [-0.39, 0.29) is 11.8 Å². The third-order valence-corrected chi connectivity index (χ3v) is 2.48. The molecule has 8 nitrogen and oxygen atoms in total. The largest absolute Gasteiger partial charge is 0.475 e. The molecule has 0 spiro atoms. The molecule has 0 unspecified atom stereocenters. The van der Waals surface area contributed by atoms with Crippen molar-refractivity contribution in [2.45, 2.75) is 26.5 Å². The summed E-state index contributed by atoms with van der Waals surface area (Å²) in [6.07, 6.45) is 3.99. The van der Waals surface area contributed by atoms with Gasteiger partial charge in [-0.15, -0.1) is 0 Å². The van der Waals surface area contributed by atoms with E-state index in [9.17, 15) is 10.1 Å². The van der Waals surface area contributed by atoms with E-state index in [2.05, 4.69) is 20.3 Å². The second-order valence-corrected chi connectivity index (χ2v) is 4.51. The van der Waals surface area contributed by atoms with E-state index < -0.39 is 4.92 Å². The minimum atomic E-state index is -0.542. The highest BCUT2D eigenvalue weighted by molar-refractivity contribution is 5.34. The maximum absolute atomic E-state index is 10.5. The van der Waals surface area contributed by atoms with E-state index in [1.165, 1.54) is 0 Å². The average Bonchev–Trinajstić information content (AvgIpc) is 2.46. The third-order valence-electron chi connectivity index (χ3n) is 2.48. The number of pyridine rings is 1. The Morgan fingerprint density at radius 2 is 2.05 bits per heavy atom. The highest BCUT2D eigenvalue weighted by Crippen LogP contribution is 2.17. The lowest BCUT2D eigenvalue weighted by Gasteiger charge is -2.13. The van der Waals surface area contributed by atoms with Crippen LogP contribution < -0.4 is 10.1 Å². The quantitative estimate of drug-likeness (QED) is 0.642. The lowest BCUT2D eigenvalue weighted by Crippen LogP contribution is -2.11. The van der Waals surface area contributed by atoms with Crippen LogP contribution >= 0.6 is 0 Å². The van der Waals surface area contributed by atoms with Crippen molar-refractivity contribution in [1.29, 1.82) is 0 Å². The first-order valence-corrected chi connectivity index (χ1v) is 6.37. The molecule has 21 heavy (non-hydrogen) atoms. The van der Waals surface area contributed by atoms with Crippen LogP contribution in [0.4, 0.5) is 11.6 Å². The van der Waals surface area contributed by atoms with Crippen LogP contribution in [-0.4, -0.2) is 26.0 Å². The monoisotopic (exact) mass is 289 g/mol. The Morgan fingerprint density at radius 1 is 1.33 bits per heavy atom. The number of anilines is 1. The van der Waals surface area contributed by atoms with Crippen molar-refractivity contribution in [3.05, 3.63) is 46.4 Å². The fourth-order valence-corrected chi connectivity index (χ4v) is 1.57. The van der Waals surface area contributed by atoms with Crippen molar-refractivity contribution in [2.24, 2.45) is 0 Å². The summed E-state index contributed by atoms with van der Waals surface area (Å²) in [5, 5.41) is 13.5. The van der Waals surface area contributed by atoms with E-state index in [1.54, 1.807) is 12.3 Å². The molecule has 110 valence electrons. The molecule has 2 heterocycles. The van der Waals surface area contributed by atoms with E-state index in [0.29, 0.717) is 18.4 Å². The smallest absolute Gasteiger partial charge is 0.305 e. The van der Waals surface area contributed by atoms with Crippen LogP contribution in [0.15, 0.2) is 30.7 Å². The number of nitrogens with zero attached hydrogens (tertiary/aromatic N) is 4. The summed E-state index contributed by atoms with van der Waals surface area (Å²) in [7, 11) is 0. The molecule has 0 aromatic carbocycles. The minimum absolute atomic E-state index is 0.0225. The van der Waals surface area contributed by atoms with Crippen molar-refractivity contribution < 1.29 is 9.66 Å². The van der Waals surface area contributed by atoms with Crippen LogP contribution in [0.3, 0.4) is 0 Å². The van der Waals surface area contributed by atoms with Crippen LogP contribution in [-0.2, 0) is 6.54 Å². The minimum Gasteiger partial charge on any atom is -0.475 e. The van der Waals surface area contributed by atoms with E-state index >= 15 is 0 Å². The van der Waals surface area contributed by atoms with Crippen molar-refractivity contribution >= 4 is 11.6 Å². The number of rotatable bonds is 6. The van der Waals surface area contributed by atoms with Gasteiger partial charge >= 0.3 is 5.69 Å². The zero-order valence-corrected chi connectivity index (χ0v) is 11.7. The Morgan fingerprint density at radius 3 is 2.67 bits per heavy atom. The van der Waals surface area contributed by atoms with Gasteiger partial charge in [-0.25, -0.2) is 15.0 Å². The number of ether oxygens (including phenoxy) is 1. The summed E-state index contributed by atoms with van der Waals surface area (Å²) < 4.78 is 5.60. The van der Waals surface area contributed by atoms with Gasteiger partial charge in [0, 0.05) is 18.3 Å². The Balaban J connectivity index is 2.04. The van der Waals surface area contributed by atoms with Gasteiger partial charge < -0.3 is 10.1 Å². The van der Waals surface area contributed by atoms with Gasteiger partial charge in [0.05, 0.1) is 11.0 Å². The number of hydrogen-bond donors (Lipinski definition) is 1. The van der Waals surface area contributed by atoms with Crippen molar-refractivity contribution in [1.82, 2.24) is 15.0 Å². The van der Waals surface area contributed by atoms with Gasteiger partial charge in [0.1, 0.15) is 12.4 Å². The summed E-state index contributed by atoms with van der Waals surface area (Å²) in [4.78, 5) is 21.9. The molecule has 0 aliphatic rings. The molecule has 2 aromatic rings. The lowest BCUT2D eigenvalue weighted by atomic mass is 10.2. The summed E-state index contributed by atoms with van der Waals surface area (Å²) in [5.41, 5.74) is 0.707. The van der Waals surface area contributed by atoms with Gasteiger partial charge in [-0.3, -0.25) is 10.1 Å². The van der Waals surface area contributed by atoms with E-state index in [1.807, 2.05) is 19.9 Å². The van der Waals surface area contributed by atoms with Crippen molar-refractivity contribution in [3.8, 4) is 5.88 Å². The molecular weight excluding hydrogens is 274 g/mol. The van der Waals surface area contributed by atoms with Crippen LogP contribution in [0.5, 0.6) is 5.88 Å². The second kappa shape index (κ2) is 6.60. The number of hydrogen-bond acceptors (Lipinski definition) is 7. The van der Waals surface area contributed by atoms with Crippen LogP contribution in [0.1, 0.15) is 19.4 Å². The molecule has 0 aliphatic heterocycles. The second-order valence-electron chi connectivity index (χ2n) is 4.51. The summed E-state index contributed by atoms with van der Waals surface area (Å²) >= 11 is 0. The molecule has 0 atom stereocenters. The van der Waals surface area contributed by atoms with E-state index in [4.69, 9.17) is 4.74 Å². The van der Waals surface area contributed by atoms with Gasteiger partial charge in [0.25, 0.3) is 0 Å². The van der Waals surface area contributed by atoms with E-state index in [0.717, 1.165) is 18.0 Å². The fraction of sp³-hybridized carbons (Fsp3) is 0.308. The Hall–Kier alpha value is -2.77. The molecule has 0 amide bonds. The molecular formula is C13H15N5O3. The van der Waals surface area contributed by atoms with Gasteiger partial charge in [-0.1, -0.05) is 6.07 Å². The topological polar surface area (TPSA) is 103 Å². The zero-order valence-electron chi connectivity index (χ0n) is 11.7. The lowest BCUT2D eigenvalue weighted by molar-refractivity contribution is -0.385. The molecule has 0 fully saturated rings. The summed E-state index contributed by atoms with van der Waals surface area (Å²) in [6.45, 7) is 4.25. The average molecular weight is 289 g/mol. The van der Waals surface area contributed by atoms with Crippen LogP contribution in [0.2, 0.25) is 0 Å². The first-order valence-electron chi connectivity index (χ1n) is 6.37. The predicted molar refractivity (Wildman–Crippen MR) is 76.0 cm³/mol. The summed E-state index contributed by atoms with van der Waals surface area (Å²) in [6, 6.07) is 3.68. The Kier molecular flexibility index (Phi) is 4.60. The number of aromatic nitrogens is 3. The highest BCUT2D eigenvalue weighted by atomic mass is 16.6. The normalized spacial score (nSPS) is 10.4. The molecule has 0 saturated heterocycles. The Bertz CT molecular complexity index is 615. The Labute approximate surface area is 121 Å². The molecule has 8 heteroatoms. The maximum atomic E-state index is 10.5. The molecule has 0 aliphatic carbocycles. The van der Waals surface area contributed by atoms with Crippen molar-refractivity contribution in [2.75, 3.05) is 5.32 Å². The SMILES string of the molecule is CC(C)Oc1ncccc1CNc1ncc([N+](=O)[O-])cn1. The van der Waals surface area contributed by atoms with Gasteiger partial charge in [-0.2, -0.15) is 0 Å². The zero-order chi connectivity index (χ0) is 15.2. The molecule has 0 radical (unpaired) electrons. The van der Waals surface area contributed by atoms with Gasteiger partial charge in [-0.05, 0) is 19.9 Å². The van der Waals surface area contributed by atoms with Crippen LogP contribution in [0, 0.1) is 10.1 Å².